The van der Waals surface area contributed by atoms with Gasteiger partial charge in [-0.25, -0.2) is 0 Å². The standard InChI is InChI=1S/C15H23N3O2/c16-12(9-11-5-2-1-3-6-11)14(19)10-18-15(20)13-7-4-8-17-13/h1-3,5-6,12-14,17,19H,4,7-10,16H2,(H,18,20)/t12-,13+,14+/m1/s1. The SMILES string of the molecule is N[C@H](Cc1ccccc1)[C@@H](O)CNC(=O)[C@@H]1CCCN1. The summed E-state index contributed by atoms with van der Waals surface area (Å²) in [6, 6.07) is 9.30. The first-order chi connectivity index (χ1) is 9.66. The van der Waals surface area contributed by atoms with E-state index in [2.05, 4.69) is 10.6 Å². The molecule has 5 nitrogen and oxygen atoms in total. The van der Waals surface area contributed by atoms with Gasteiger partial charge in [-0.15, -0.1) is 0 Å². The molecule has 1 aliphatic heterocycles. The summed E-state index contributed by atoms with van der Waals surface area (Å²) in [6.45, 7) is 1.08. The Morgan fingerprint density at radius 2 is 2.20 bits per heavy atom. The van der Waals surface area contributed by atoms with E-state index in [9.17, 15) is 9.90 Å². The summed E-state index contributed by atoms with van der Waals surface area (Å²) >= 11 is 0. The molecule has 0 radical (unpaired) electrons. The summed E-state index contributed by atoms with van der Waals surface area (Å²) in [5, 5.41) is 15.9. The highest BCUT2D eigenvalue weighted by Crippen LogP contribution is 2.06. The first kappa shape index (κ1) is 15.0. The largest absolute Gasteiger partial charge is 0.390 e. The number of aliphatic hydroxyl groups excluding tert-OH is 1. The maximum absolute atomic E-state index is 11.8. The summed E-state index contributed by atoms with van der Waals surface area (Å²) < 4.78 is 0. The Bertz CT molecular complexity index is 418. The molecule has 1 aromatic carbocycles. The Hall–Kier alpha value is -1.43. The first-order valence-corrected chi connectivity index (χ1v) is 7.15. The molecule has 1 heterocycles. The van der Waals surface area contributed by atoms with Crippen LogP contribution in [0.15, 0.2) is 30.3 Å². The van der Waals surface area contributed by atoms with E-state index in [1.54, 1.807) is 0 Å². The molecule has 110 valence electrons. The van der Waals surface area contributed by atoms with Gasteiger partial charge in [-0.1, -0.05) is 30.3 Å². The van der Waals surface area contributed by atoms with E-state index < -0.39 is 6.10 Å². The van der Waals surface area contributed by atoms with Crippen LogP contribution in [-0.4, -0.2) is 42.3 Å². The van der Waals surface area contributed by atoms with Crippen molar-refractivity contribution in [3.8, 4) is 0 Å². The molecule has 3 atom stereocenters. The number of hydrogen-bond donors (Lipinski definition) is 4. The van der Waals surface area contributed by atoms with Gasteiger partial charge in [-0.2, -0.15) is 0 Å². The lowest BCUT2D eigenvalue weighted by Gasteiger charge is -2.20. The quantitative estimate of drug-likeness (QED) is 0.579. The van der Waals surface area contributed by atoms with Gasteiger partial charge in [0.15, 0.2) is 0 Å². The van der Waals surface area contributed by atoms with Crippen LogP contribution in [0.25, 0.3) is 0 Å². The van der Waals surface area contributed by atoms with Crippen LogP contribution in [0.2, 0.25) is 0 Å². The second-order valence-corrected chi connectivity index (χ2v) is 5.32. The van der Waals surface area contributed by atoms with Gasteiger partial charge in [0.1, 0.15) is 0 Å². The second-order valence-electron chi connectivity index (χ2n) is 5.32. The number of amides is 1. The Morgan fingerprint density at radius 1 is 1.45 bits per heavy atom. The van der Waals surface area contributed by atoms with Crippen LogP contribution in [0.1, 0.15) is 18.4 Å². The molecule has 1 aliphatic rings. The molecule has 1 amide bonds. The lowest BCUT2D eigenvalue weighted by atomic mass is 10.0. The van der Waals surface area contributed by atoms with Crippen LogP contribution in [0.5, 0.6) is 0 Å². The summed E-state index contributed by atoms with van der Waals surface area (Å²) in [4.78, 5) is 11.8. The third-order valence-electron chi connectivity index (χ3n) is 3.67. The van der Waals surface area contributed by atoms with E-state index in [-0.39, 0.29) is 24.5 Å². The zero-order chi connectivity index (χ0) is 14.4. The number of benzene rings is 1. The molecular formula is C15H23N3O2. The van der Waals surface area contributed by atoms with E-state index in [0.29, 0.717) is 6.42 Å². The van der Waals surface area contributed by atoms with E-state index in [1.165, 1.54) is 0 Å². The molecule has 0 aromatic heterocycles. The van der Waals surface area contributed by atoms with E-state index in [1.807, 2.05) is 30.3 Å². The first-order valence-electron chi connectivity index (χ1n) is 7.15. The molecule has 0 spiro atoms. The van der Waals surface area contributed by atoms with Crippen LogP contribution in [0, 0.1) is 0 Å². The Labute approximate surface area is 119 Å². The van der Waals surface area contributed by atoms with E-state index in [0.717, 1.165) is 24.9 Å². The zero-order valence-corrected chi connectivity index (χ0v) is 11.6. The van der Waals surface area contributed by atoms with Crippen molar-refractivity contribution in [1.82, 2.24) is 10.6 Å². The van der Waals surface area contributed by atoms with Crippen molar-refractivity contribution in [3.05, 3.63) is 35.9 Å². The van der Waals surface area contributed by atoms with Gasteiger partial charge in [0.05, 0.1) is 12.1 Å². The van der Waals surface area contributed by atoms with Crippen LogP contribution in [0.3, 0.4) is 0 Å². The van der Waals surface area contributed by atoms with E-state index >= 15 is 0 Å². The van der Waals surface area contributed by atoms with Crippen LogP contribution < -0.4 is 16.4 Å². The molecule has 1 fully saturated rings. The number of carbonyl (C=O) groups is 1. The fraction of sp³-hybridized carbons (Fsp3) is 0.533. The fourth-order valence-corrected chi connectivity index (χ4v) is 2.41. The lowest BCUT2D eigenvalue weighted by molar-refractivity contribution is -0.123. The molecule has 0 aliphatic carbocycles. The van der Waals surface area contributed by atoms with Crippen molar-refractivity contribution in [2.75, 3.05) is 13.1 Å². The van der Waals surface area contributed by atoms with Crippen molar-refractivity contribution in [3.63, 3.8) is 0 Å². The van der Waals surface area contributed by atoms with Gasteiger partial charge in [0.2, 0.25) is 5.91 Å². The molecule has 0 unspecified atom stereocenters. The van der Waals surface area contributed by atoms with Gasteiger partial charge in [-0.3, -0.25) is 4.79 Å². The number of aliphatic hydroxyl groups is 1. The monoisotopic (exact) mass is 277 g/mol. The molecule has 5 heteroatoms. The Morgan fingerprint density at radius 3 is 2.85 bits per heavy atom. The third kappa shape index (κ3) is 4.30. The molecule has 2 rings (SSSR count). The summed E-state index contributed by atoms with van der Waals surface area (Å²) in [6.07, 6.45) is 1.74. The minimum Gasteiger partial charge on any atom is -0.390 e. The predicted octanol–water partition coefficient (Wildman–Crippen LogP) is -0.214. The number of nitrogens with one attached hydrogen (secondary N) is 2. The average molecular weight is 277 g/mol. The molecule has 5 N–H and O–H groups in total. The van der Waals surface area contributed by atoms with Crippen LogP contribution in [-0.2, 0) is 11.2 Å². The van der Waals surface area contributed by atoms with Crippen molar-refractivity contribution < 1.29 is 9.90 Å². The second kappa shape index (κ2) is 7.38. The number of nitrogens with two attached hydrogens (primary N) is 1. The van der Waals surface area contributed by atoms with E-state index in [4.69, 9.17) is 5.73 Å². The summed E-state index contributed by atoms with van der Waals surface area (Å²) in [5.74, 6) is -0.0477. The van der Waals surface area contributed by atoms with Gasteiger partial charge in [0, 0.05) is 12.6 Å². The molecule has 1 saturated heterocycles. The fourth-order valence-electron chi connectivity index (χ4n) is 2.41. The molecule has 0 saturated carbocycles. The van der Waals surface area contributed by atoms with Crippen molar-refractivity contribution >= 4 is 5.91 Å². The molecular weight excluding hydrogens is 254 g/mol. The van der Waals surface area contributed by atoms with Gasteiger partial charge in [0.25, 0.3) is 0 Å². The third-order valence-corrected chi connectivity index (χ3v) is 3.67. The molecule has 20 heavy (non-hydrogen) atoms. The molecule has 0 bridgehead atoms. The highest BCUT2D eigenvalue weighted by Gasteiger charge is 2.23. The normalized spacial score (nSPS) is 21.4. The smallest absolute Gasteiger partial charge is 0.237 e. The van der Waals surface area contributed by atoms with Crippen LogP contribution >= 0.6 is 0 Å². The van der Waals surface area contributed by atoms with Crippen molar-refractivity contribution in [2.45, 2.75) is 37.5 Å². The zero-order valence-electron chi connectivity index (χ0n) is 11.6. The van der Waals surface area contributed by atoms with Gasteiger partial charge >= 0.3 is 0 Å². The van der Waals surface area contributed by atoms with Crippen molar-refractivity contribution in [1.29, 1.82) is 0 Å². The molecule has 1 aromatic rings. The minimum atomic E-state index is -0.736. The number of rotatable bonds is 6. The number of hydrogen-bond acceptors (Lipinski definition) is 4. The summed E-state index contributed by atoms with van der Waals surface area (Å²) in [7, 11) is 0. The minimum absolute atomic E-state index is 0.0477. The average Bonchev–Trinajstić information content (AvgIpc) is 2.99. The highest BCUT2D eigenvalue weighted by molar-refractivity contribution is 5.82. The lowest BCUT2D eigenvalue weighted by Crippen LogP contribution is -2.48. The predicted molar refractivity (Wildman–Crippen MR) is 78.2 cm³/mol. The Balaban J connectivity index is 1.73. The topological polar surface area (TPSA) is 87.4 Å². The van der Waals surface area contributed by atoms with Crippen molar-refractivity contribution in [2.24, 2.45) is 5.73 Å². The Kier molecular flexibility index (Phi) is 5.52. The highest BCUT2D eigenvalue weighted by atomic mass is 16.3. The number of carbonyl (C=O) groups excluding carboxylic acids is 1. The summed E-state index contributed by atoms with van der Waals surface area (Å²) in [5.41, 5.74) is 7.06. The van der Waals surface area contributed by atoms with Gasteiger partial charge in [-0.05, 0) is 31.4 Å². The maximum atomic E-state index is 11.8. The van der Waals surface area contributed by atoms with Gasteiger partial charge < -0.3 is 21.5 Å². The maximum Gasteiger partial charge on any atom is 0.237 e. The van der Waals surface area contributed by atoms with Crippen LogP contribution in [0.4, 0.5) is 0 Å².